The predicted molar refractivity (Wildman–Crippen MR) is 258 cm³/mol. The third kappa shape index (κ3) is 8.48. The van der Waals surface area contributed by atoms with Crippen LogP contribution < -0.4 is 9.47 Å². The molecule has 0 saturated carbocycles. The Kier molecular flexibility index (Phi) is 11.3. The van der Waals surface area contributed by atoms with E-state index in [-0.39, 0.29) is 0 Å². The summed E-state index contributed by atoms with van der Waals surface area (Å²) in [6.07, 6.45) is 9.22. The molecule has 2 aliphatic carbocycles. The molecular formula is C60H54O2. The van der Waals surface area contributed by atoms with Crippen molar-refractivity contribution in [3.8, 4) is 67.1 Å². The lowest BCUT2D eigenvalue weighted by molar-refractivity contribution is 0.302. The molecule has 0 spiro atoms. The molecule has 0 unspecified atom stereocenters. The molecular weight excluding hydrogens is 753 g/mol. The summed E-state index contributed by atoms with van der Waals surface area (Å²) in [5, 5.41) is 0. The zero-order chi connectivity index (χ0) is 41.8. The Hall–Kier alpha value is -6.64. The first-order valence-electron chi connectivity index (χ1n) is 22.6. The van der Waals surface area contributed by atoms with Gasteiger partial charge in [-0.3, -0.25) is 0 Å². The molecule has 0 aromatic heterocycles. The molecule has 2 aliphatic rings. The smallest absolute Gasteiger partial charge is 0.128 e. The monoisotopic (exact) mass is 806 g/mol. The number of ether oxygens (including phenoxy) is 2. The van der Waals surface area contributed by atoms with Gasteiger partial charge in [0.25, 0.3) is 0 Å². The first-order valence-corrected chi connectivity index (χ1v) is 22.6. The molecule has 0 atom stereocenters. The van der Waals surface area contributed by atoms with Crippen molar-refractivity contribution in [2.75, 3.05) is 0 Å². The summed E-state index contributed by atoms with van der Waals surface area (Å²) in [4.78, 5) is 0. The fraction of sp³-hybridized carbons (Fsp3) is 0.200. The Balaban J connectivity index is 0.894. The summed E-state index contributed by atoms with van der Waals surface area (Å²) >= 11 is 0. The van der Waals surface area contributed by atoms with E-state index in [0.29, 0.717) is 13.2 Å². The molecule has 62 heavy (non-hydrogen) atoms. The minimum atomic E-state index is 0.505. The van der Waals surface area contributed by atoms with Gasteiger partial charge in [-0.1, -0.05) is 169 Å². The van der Waals surface area contributed by atoms with Crippen molar-refractivity contribution in [3.05, 3.63) is 214 Å². The highest BCUT2D eigenvalue weighted by atomic mass is 16.5. The molecule has 306 valence electrons. The molecule has 0 aliphatic heterocycles. The van der Waals surface area contributed by atoms with Gasteiger partial charge in [0.2, 0.25) is 0 Å². The molecule has 0 saturated heterocycles. The van der Waals surface area contributed by atoms with Crippen LogP contribution in [0.3, 0.4) is 0 Å². The minimum absolute atomic E-state index is 0.505. The molecule has 8 aromatic rings. The highest BCUT2D eigenvalue weighted by molar-refractivity contribution is 5.84. The molecule has 0 bridgehead atoms. The zero-order valence-corrected chi connectivity index (χ0v) is 36.1. The van der Waals surface area contributed by atoms with Crippen molar-refractivity contribution in [2.24, 2.45) is 0 Å². The van der Waals surface area contributed by atoms with Crippen molar-refractivity contribution in [2.45, 2.75) is 78.4 Å². The number of fused-ring (bicyclic) bond motifs is 2. The van der Waals surface area contributed by atoms with E-state index < -0.39 is 0 Å². The van der Waals surface area contributed by atoms with Gasteiger partial charge in [-0.25, -0.2) is 0 Å². The van der Waals surface area contributed by atoms with Gasteiger partial charge in [0, 0.05) is 11.1 Å². The first kappa shape index (κ1) is 39.5. The van der Waals surface area contributed by atoms with E-state index in [1.54, 1.807) is 0 Å². The van der Waals surface area contributed by atoms with Gasteiger partial charge in [0.1, 0.15) is 24.7 Å². The number of hydrogen-bond acceptors (Lipinski definition) is 2. The van der Waals surface area contributed by atoms with Gasteiger partial charge in [-0.05, 0) is 155 Å². The number of benzene rings is 8. The minimum Gasteiger partial charge on any atom is -0.488 e. The van der Waals surface area contributed by atoms with E-state index >= 15 is 0 Å². The van der Waals surface area contributed by atoms with Crippen LogP contribution in [0, 0.1) is 13.8 Å². The van der Waals surface area contributed by atoms with Gasteiger partial charge in [0.05, 0.1) is 0 Å². The fourth-order valence-electron chi connectivity index (χ4n) is 9.51. The Morgan fingerprint density at radius 2 is 0.581 bits per heavy atom. The number of rotatable bonds is 11. The van der Waals surface area contributed by atoms with Gasteiger partial charge in [-0.15, -0.1) is 0 Å². The molecule has 2 heteroatoms. The second-order valence-electron chi connectivity index (χ2n) is 17.4. The summed E-state index contributed by atoms with van der Waals surface area (Å²) in [6, 6.07) is 62.1. The van der Waals surface area contributed by atoms with Crippen molar-refractivity contribution in [1.82, 2.24) is 0 Å². The number of hydrogen-bond donors (Lipinski definition) is 0. The third-order valence-electron chi connectivity index (χ3n) is 13.1. The van der Waals surface area contributed by atoms with Crippen LogP contribution >= 0.6 is 0 Å². The quantitative estimate of drug-likeness (QED) is 0.130. The Bertz CT molecular complexity index is 2600. The van der Waals surface area contributed by atoms with Crippen LogP contribution in [0.5, 0.6) is 11.5 Å². The second kappa shape index (κ2) is 17.8. The van der Waals surface area contributed by atoms with Crippen molar-refractivity contribution < 1.29 is 9.47 Å². The highest BCUT2D eigenvalue weighted by Gasteiger charge is 2.26. The van der Waals surface area contributed by atoms with Crippen molar-refractivity contribution in [3.63, 3.8) is 0 Å². The van der Waals surface area contributed by atoms with E-state index in [4.69, 9.17) is 9.47 Å². The fourth-order valence-corrected chi connectivity index (χ4v) is 9.51. The maximum absolute atomic E-state index is 6.91. The molecule has 10 rings (SSSR count). The normalized spacial score (nSPS) is 13.3. The van der Waals surface area contributed by atoms with Crippen LogP contribution in [0.15, 0.2) is 170 Å². The standard InChI is InChI=1S/C60H54O2/c1-41-11-19-45(20-12-41)49-27-31-51(32-28-49)47-23-15-43(16-24-47)39-61-57-37-35-53-7-3-5-9-55(53)59(57)60-56-10-6-4-8-54(56)36-38-58(60)62-40-44-17-25-48(26-18-44)52-33-29-50(30-34-52)46-21-13-42(2)14-22-46/h11-38H,3-10,39-40H2,1-2H3. The van der Waals surface area contributed by atoms with Crippen LogP contribution in [-0.4, -0.2) is 0 Å². The van der Waals surface area contributed by atoms with E-state index in [0.717, 1.165) is 48.3 Å². The van der Waals surface area contributed by atoms with Crippen LogP contribution in [0.2, 0.25) is 0 Å². The topological polar surface area (TPSA) is 18.5 Å². The van der Waals surface area contributed by atoms with E-state index in [9.17, 15) is 0 Å². The van der Waals surface area contributed by atoms with E-state index in [2.05, 4.69) is 184 Å². The third-order valence-corrected chi connectivity index (χ3v) is 13.1. The summed E-state index contributed by atoms with van der Waals surface area (Å²) in [5.41, 5.74) is 23.0. The van der Waals surface area contributed by atoms with Gasteiger partial charge in [0.15, 0.2) is 0 Å². The number of aryl methyl sites for hydroxylation is 4. The molecule has 0 N–H and O–H groups in total. The molecule has 2 nitrogen and oxygen atoms in total. The SMILES string of the molecule is Cc1ccc(-c2ccc(-c3ccc(COc4ccc5c(c4-c4c(OCc6ccc(-c7ccc(-c8ccc(C)cc8)cc7)cc6)ccc6c4CCCC6)CCCC5)cc3)cc2)cc1. The Morgan fingerprint density at radius 3 is 0.903 bits per heavy atom. The van der Waals surface area contributed by atoms with Crippen LogP contribution in [-0.2, 0) is 38.9 Å². The molecule has 0 radical (unpaired) electrons. The van der Waals surface area contributed by atoms with Crippen molar-refractivity contribution in [1.29, 1.82) is 0 Å². The molecule has 8 aromatic carbocycles. The van der Waals surface area contributed by atoms with Gasteiger partial charge >= 0.3 is 0 Å². The van der Waals surface area contributed by atoms with Gasteiger partial charge in [-0.2, -0.15) is 0 Å². The average Bonchev–Trinajstić information content (AvgIpc) is 3.33. The van der Waals surface area contributed by atoms with E-state index in [1.807, 2.05) is 0 Å². The van der Waals surface area contributed by atoms with Gasteiger partial charge < -0.3 is 9.47 Å². The average molecular weight is 807 g/mol. The molecule has 0 heterocycles. The Morgan fingerprint density at radius 1 is 0.306 bits per heavy atom. The predicted octanol–water partition coefficient (Wildman–Crippen LogP) is 15.6. The highest BCUT2D eigenvalue weighted by Crippen LogP contribution is 2.47. The lowest BCUT2D eigenvalue weighted by atomic mass is 9.80. The molecule has 0 fully saturated rings. The largest absolute Gasteiger partial charge is 0.488 e. The van der Waals surface area contributed by atoms with Crippen molar-refractivity contribution >= 4 is 0 Å². The summed E-state index contributed by atoms with van der Waals surface area (Å²) in [7, 11) is 0. The van der Waals surface area contributed by atoms with Crippen LogP contribution in [0.25, 0.3) is 55.6 Å². The zero-order valence-electron chi connectivity index (χ0n) is 36.1. The molecule has 0 amide bonds. The maximum atomic E-state index is 6.91. The maximum Gasteiger partial charge on any atom is 0.128 e. The van der Waals surface area contributed by atoms with Crippen LogP contribution in [0.1, 0.15) is 70.2 Å². The first-order chi connectivity index (χ1) is 30.5. The van der Waals surface area contributed by atoms with E-state index in [1.165, 1.54) is 115 Å². The second-order valence-corrected chi connectivity index (χ2v) is 17.4. The lowest BCUT2D eigenvalue weighted by Crippen LogP contribution is -2.11. The summed E-state index contributed by atoms with van der Waals surface area (Å²) in [6.45, 7) is 5.27. The Labute approximate surface area is 367 Å². The summed E-state index contributed by atoms with van der Waals surface area (Å²) in [5.74, 6) is 1.92. The van der Waals surface area contributed by atoms with Crippen LogP contribution in [0.4, 0.5) is 0 Å². The summed E-state index contributed by atoms with van der Waals surface area (Å²) < 4.78 is 13.8. The lowest BCUT2D eigenvalue weighted by Gasteiger charge is -2.28.